The Morgan fingerprint density at radius 2 is 1.92 bits per heavy atom. The minimum atomic E-state index is -0.291. The van der Waals surface area contributed by atoms with Crippen molar-refractivity contribution >= 4 is 11.7 Å². The second-order valence-electron chi connectivity index (χ2n) is 7.14. The van der Waals surface area contributed by atoms with E-state index in [4.69, 9.17) is 4.74 Å². The molecule has 4 rings (SSSR count). The summed E-state index contributed by atoms with van der Waals surface area (Å²) in [6.07, 6.45) is 5.74. The minimum absolute atomic E-state index is 0.251. The summed E-state index contributed by atoms with van der Waals surface area (Å²) in [5, 5.41) is 3.79. The largest absolute Gasteiger partial charge is 0.465 e. The third kappa shape index (κ3) is 2.64. The summed E-state index contributed by atoms with van der Waals surface area (Å²) in [7, 11) is 1.41. The first-order valence-corrected chi connectivity index (χ1v) is 8.81. The number of carbonyl (C=O) groups excluding carboxylic acids is 1. The molecular weight excluding hydrogens is 310 g/mol. The van der Waals surface area contributed by atoms with Gasteiger partial charge in [-0.25, -0.2) is 4.79 Å². The number of rotatable bonds is 2. The highest BCUT2D eigenvalue weighted by atomic mass is 16.5. The van der Waals surface area contributed by atoms with Gasteiger partial charge in [0.1, 0.15) is 0 Å². The fraction of sp³-hybridized carbons (Fsp3) is 0.318. The third-order valence-electron chi connectivity index (χ3n) is 5.50. The molecule has 2 aromatic rings. The number of methoxy groups -OCH3 is 1. The third-order valence-corrected chi connectivity index (χ3v) is 5.50. The number of anilines is 1. The zero-order valence-corrected chi connectivity index (χ0v) is 14.9. The molecular formula is C22H23NO2. The van der Waals surface area contributed by atoms with Gasteiger partial charge in [-0.3, -0.25) is 0 Å². The van der Waals surface area contributed by atoms with Crippen LogP contribution in [0.3, 0.4) is 0 Å². The topological polar surface area (TPSA) is 38.3 Å². The Bertz CT molecular complexity index is 851. The van der Waals surface area contributed by atoms with Gasteiger partial charge in [0.15, 0.2) is 0 Å². The fourth-order valence-electron chi connectivity index (χ4n) is 4.35. The second kappa shape index (κ2) is 6.07. The van der Waals surface area contributed by atoms with Crippen LogP contribution in [0.5, 0.6) is 0 Å². The number of fused-ring (bicyclic) bond motifs is 3. The molecule has 25 heavy (non-hydrogen) atoms. The van der Waals surface area contributed by atoms with Crippen LogP contribution in [-0.4, -0.2) is 13.1 Å². The summed E-state index contributed by atoms with van der Waals surface area (Å²) >= 11 is 0. The maximum Gasteiger partial charge on any atom is 0.337 e. The first kappa shape index (κ1) is 15.9. The normalized spacial score (nSPS) is 23.6. The number of esters is 1. The molecule has 128 valence electrons. The van der Waals surface area contributed by atoms with Crippen LogP contribution in [0.4, 0.5) is 5.69 Å². The lowest BCUT2D eigenvalue weighted by Crippen LogP contribution is -2.29. The monoisotopic (exact) mass is 333 g/mol. The van der Waals surface area contributed by atoms with Crippen LogP contribution < -0.4 is 5.32 Å². The van der Waals surface area contributed by atoms with Crippen molar-refractivity contribution in [2.24, 2.45) is 5.92 Å². The Labute approximate surface area is 148 Å². The summed E-state index contributed by atoms with van der Waals surface area (Å²) in [6, 6.07) is 12.6. The predicted molar refractivity (Wildman–Crippen MR) is 100 cm³/mol. The molecule has 3 heteroatoms. The minimum Gasteiger partial charge on any atom is -0.465 e. The van der Waals surface area contributed by atoms with Gasteiger partial charge in [-0.05, 0) is 55.0 Å². The Morgan fingerprint density at radius 1 is 1.16 bits per heavy atom. The molecule has 1 heterocycles. The molecule has 0 aromatic heterocycles. The molecule has 0 saturated carbocycles. The Morgan fingerprint density at radius 3 is 2.64 bits per heavy atom. The van der Waals surface area contributed by atoms with Crippen molar-refractivity contribution < 1.29 is 9.53 Å². The maximum atomic E-state index is 11.7. The van der Waals surface area contributed by atoms with Gasteiger partial charge >= 0.3 is 5.97 Å². The average molecular weight is 333 g/mol. The smallest absolute Gasteiger partial charge is 0.337 e. The highest BCUT2D eigenvalue weighted by Gasteiger charge is 2.38. The van der Waals surface area contributed by atoms with Crippen LogP contribution >= 0.6 is 0 Å². The van der Waals surface area contributed by atoms with E-state index in [1.54, 1.807) is 0 Å². The molecule has 0 amide bonds. The number of benzene rings is 2. The molecule has 2 aliphatic rings. The van der Waals surface area contributed by atoms with E-state index in [1.165, 1.54) is 35.1 Å². The van der Waals surface area contributed by atoms with E-state index in [-0.39, 0.29) is 12.0 Å². The van der Waals surface area contributed by atoms with Crippen LogP contribution in [0.2, 0.25) is 0 Å². The van der Waals surface area contributed by atoms with E-state index in [1.807, 2.05) is 24.3 Å². The molecule has 0 saturated heterocycles. The van der Waals surface area contributed by atoms with Gasteiger partial charge in [-0.15, -0.1) is 0 Å². The molecule has 3 atom stereocenters. The molecule has 1 aliphatic heterocycles. The van der Waals surface area contributed by atoms with E-state index in [0.29, 0.717) is 17.4 Å². The number of allylic oxidation sites excluding steroid dienone is 2. The van der Waals surface area contributed by atoms with Crippen LogP contribution in [0.25, 0.3) is 0 Å². The van der Waals surface area contributed by atoms with Crippen LogP contribution in [-0.2, 0) is 4.74 Å². The number of aryl methyl sites for hydroxylation is 2. The number of hydrogen-bond donors (Lipinski definition) is 1. The number of carbonyl (C=O) groups is 1. The van der Waals surface area contributed by atoms with Crippen molar-refractivity contribution in [3.8, 4) is 0 Å². The van der Waals surface area contributed by atoms with Gasteiger partial charge in [0, 0.05) is 11.6 Å². The summed E-state index contributed by atoms with van der Waals surface area (Å²) in [5.41, 5.74) is 7.11. The molecule has 0 fully saturated rings. The number of nitrogens with one attached hydrogen (secondary N) is 1. The Balaban J connectivity index is 1.73. The van der Waals surface area contributed by atoms with Crippen molar-refractivity contribution in [2.75, 3.05) is 12.4 Å². The summed E-state index contributed by atoms with van der Waals surface area (Å²) in [6.45, 7) is 4.34. The first-order valence-electron chi connectivity index (χ1n) is 8.81. The van der Waals surface area contributed by atoms with Gasteiger partial charge in [0.05, 0.1) is 18.7 Å². The van der Waals surface area contributed by atoms with Crippen molar-refractivity contribution in [3.05, 3.63) is 76.4 Å². The molecule has 1 aliphatic carbocycles. The van der Waals surface area contributed by atoms with Crippen molar-refractivity contribution in [2.45, 2.75) is 32.2 Å². The lowest BCUT2D eigenvalue weighted by molar-refractivity contribution is 0.0600. The molecule has 3 nitrogen and oxygen atoms in total. The quantitative estimate of drug-likeness (QED) is 0.626. The molecule has 0 spiro atoms. The van der Waals surface area contributed by atoms with Crippen LogP contribution in [0, 0.1) is 19.8 Å². The van der Waals surface area contributed by atoms with Crippen molar-refractivity contribution in [1.29, 1.82) is 0 Å². The Hall–Kier alpha value is -2.55. The first-order chi connectivity index (χ1) is 12.1. The van der Waals surface area contributed by atoms with Gasteiger partial charge in [0.2, 0.25) is 0 Å². The molecule has 0 unspecified atom stereocenters. The number of ether oxygens (including phenoxy) is 1. The van der Waals surface area contributed by atoms with Gasteiger partial charge in [0.25, 0.3) is 0 Å². The van der Waals surface area contributed by atoms with Gasteiger partial charge in [-0.2, -0.15) is 0 Å². The summed E-state index contributed by atoms with van der Waals surface area (Å²) < 4.78 is 4.80. The van der Waals surface area contributed by atoms with E-state index in [2.05, 4.69) is 43.4 Å². The maximum absolute atomic E-state index is 11.7. The summed E-state index contributed by atoms with van der Waals surface area (Å²) in [4.78, 5) is 11.7. The van der Waals surface area contributed by atoms with Gasteiger partial charge < -0.3 is 10.1 Å². The SMILES string of the molecule is COC(=O)c1ccc([C@H]2Nc3c(C)cc(C)cc3[C@@H]3C=CC[C@@H]23)cc1. The highest BCUT2D eigenvalue weighted by Crippen LogP contribution is 2.50. The Kier molecular flexibility index (Phi) is 3.87. The molecule has 1 N–H and O–H groups in total. The van der Waals surface area contributed by atoms with Crippen molar-refractivity contribution in [1.82, 2.24) is 0 Å². The lowest BCUT2D eigenvalue weighted by atomic mass is 9.76. The second-order valence-corrected chi connectivity index (χ2v) is 7.14. The van der Waals surface area contributed by atoms with Gasteiger partial charge in [-0.1, -0.05) is 42.0 Å². The average Bonchev–Trinajstić information content (AvgIpc) is 3.11. The van der Waals surface area contributed by atoms with E-state index in [9.17, 15) is 4.79 Å². The lowest BCUT2D eigenvalue weighted by Gasteiger charge is -2.38. The van der Waals surface area contributed by atoms with Crippen LogP contribution in [0.1, 0.15) is 51.0 Å². The highest BCUT2D eigenvalue weighted by molar-refractivity contribution is 5.89. The van der Waals surface area contributed by atoms with E-state index >= 15 is 0 Å². The molecule has 0 radical (unpaired) electrons. The van der Waals surface area contributed by atoms with Crippen molar-refractivity contribution in [3.63, 3.8) is 0 Å². The standard InChI is InChI=1S/C22H23NO2/c1-13-11-14(2)20-19(12-13)17-5-4-6-18(17)21(23-20)15-7-9-16(10-8-15)22(24)25-3/h4-5,7-12,17-18,21,23H,6H2,1-3H3/t17-,18-,21-/m1/s1. The molecule has 2 aromatic carbocycles. The zero-order chi connectivity index (χ0) is 17.6. The van der Waals surface area contributed by atoms with E-state index in [0.717, 1.165) is 6.42 Å². The predicted octanol–water partition coefficient (Wildman–Crippen LogP) is 4.92. The fourth-order valence-corrected chi connectivity index (χ4v) is 4.35. The molecule has 0 bridgehead atoms. The summed E-state index contributed by atoms with van der Waals surface area (Å²) in [5.74, 6) is 0.679. The zero-order valence-electron chi connectivity index (χ0n) is 14.9. The number of hydrogen-bond acceptors (Lipinski definition) is 3. The van der Waals surface area contributed by atoms with E-state index < -0.39 is 0 Å². The van der Waals surface area contributed by atoms with Crippen LogP contribution in [0.15, 0.2) is 48.6 Å².